The van der Waals surface area contributed by atoms with Crippen LogP contribution in [0.5, 0.6) is 0 Å². The molecular weight excluding hydrogens is 212 g/mol. The maximum atomic E-state index is 4.28. The fraction of sp³-hybridized carbons (Fsp3) is 0.846. The van der Waals surface area contributed by atoms with Crippen LogP contribution in [0.25, 0.3) is 0 Å². The zero-order chi connectivity index (χ0) is 13.1. The molecule has 0 bridgehead atoms. The monoisotopic (exact) mass is 238 g/mol. The van der Waals surface area contributed by atoms with Gasteiger partial charge < -0.3 is 5.32 Å². The molecule has 98 valence electrons. The van der Waals surface area contributed by atoms with E-state index in [4.69, 9.17) is 0 Å². The van der Waals surface area contributed by atoms with E-state index in [2.05, 4.69) is 50.0 Å². The summed E-state index contributed by atoms with van der Waals surface area (Å²) in [7, 11) is 1.95. The number of hydrogen-bond acceptors (Lipinski definition) is 3. The predicted octanol–water partition coefficient (Wildman–Crippen LogP) is 2.02. The lowest BCUT2D eigenvalue weighted by molar-refractivity contribution is 0.313. The molecule has 0 fully saturated rings. The van der Waals surface area contributed by atoms with Crippen LogP contribution in [0, 0.1) is 11.8 Å². The largest absolute Gasteiger partial charge is 0.312 e. The third-order valence-corrected chi connectivity index (χ3v) is 3.24. The molecule has 4 nitrogen and oxygen atoms in total. The van der Waals surface area contributed by atoms with Crippen molar-refractivity contribution in [2.24, 2.45) is 18.9 Å². The fourth-order valence-corrected chi connectivity index (χ4v) is 1.66. The molecule has 0 aliphatic carbocycles. The fourth-order valence-electron chi connectivity index (χ4n) is 1.66. The molecule has 17 heavy (non-hydrogen) atoms. The molecule has 1 aromatic heterocycles. The van der Waals surface area contributed by atoms with Gasteiger partial charge in [-0.3, -0.25) is 4.68 Å². The molecule has 0 saturated carbocycles. The Bertz CT molecular complexity index is 337. The van der Waals surface area contributed by atoms with Gasteiger partial charge >= 0.3 is 0 Å². The second-order valence-electron chi connectivity index (χ2n) is 6.09. The molecule has 1 heterocycles. The Hall–Kier alpha value is -0.900. The molecule has 2 unspecified atom stereocenters. The molecule has 2 atom stereocenters. The summed E-state index contributed by atoms with van der Waals surface area (Å²) in [5.41, 5.74) is 0.193. The van der Waals surface area contributed by atoms with E-state index < -0.39 is 0 Å². The maximum Gasteiger partial charge on any atom is 0.138 e. The molecule has 0 spiro atoms. The summed E-state index contributed by atoms with van der Waals surface area (Å²) in [6.45, 7) is 12.2. The Morgan fingerprint density at radius 2 is 1.94 bits per heavy atom. The average molecular weight is 238 g/mol. The minimum absolute atomic E-state index is 0.193. The summed E-state index contributed by atoms with van der Waals surface area (Å²) in [5, 5.41) is 7.66. The van der Waals surface area contributed by atoms with Crippen molar-refractivity contribution in [1.82, 2.24) is 20.1 Å². The van der Waals surface area contributed by atoms with Gasteiger partial charge in [0.15, 0.2) is 0 Å². The Balaban J connectivity index is 2.42. The van der Waals surface area contributed by atoms with Crippen molar-refractivity contribution >= 4 is 0 Å². The van der Waals surface area contributed by atoms with Gasteiger partial charge in [-0.05, 0) is 39.2 Å². The third-order valence-electron chi connectivity index (χ3n) is 3.24. The highest BCUT2D eigenvalue weighted by Crippen LogP contribution is 2.15. The number of hydrogen-bond donors (Lipinski definition) is 1. The number of aryl methyl sites for hydroxylation is 1. The van der Waals surface area contributed by atoms with Crippen molar-refractivity contribution < 1.29 is 0 Å². The average Bonchev–Trinajstić information content (AvgIpc) is 2.59. The van der Waals surface area contributed by atoms with Crippen molar-refractivity contribution in [1.29, 1.82) is 0 Å². The normalized spacial score (nSPS) is 15.9. The van der Waals surface area contributed by atoms with Gasteiger partial charge in [-0.2, -0.15) is 5.10 Å². The van der Waals surface area contributed by atoms with E-state index in [0.717, 1.165) is 18.8 Å². The first-order valence-corrected chi connectivity index (χ1v) is 6.37. The van der Waals surface area contributed by atoms with Crippen molar-refractivity contribution in [2.75, 3.05) is 6.54 Å². The van der Waals surface area contributed by atoms with Gasteiger partial charge in [0.1, 0.15) is 12.2 Å². The van der Waals surface area contributed by atoms with E-state index in [0.29, 0.717) is 11.8 Å². The summed E-state index contributed by atoms with van der Waals surface area (Å²) in [6, 6.07) is 0. The highest BCUT2D eigenvalue weighted by Gasteiger charge is 2.17. The predicted molar refractivity (Wildman–Crippen MR) is 70.8 cm³/mol. The second-order valence-corrected chi connectivity index (χ2v) is 6.09. The van der Waals surface area contributed by atoms with Crippen LogP contribution in [-0.2, 0) is 13.5 Å². The Morgan fingerprint density at radius 1 is 1.29 bits per heavy atom. The van der Waals surface area contributed by atoms with Gasteiger partial charge in [-0.25, -0.2) is 4.98 Å². The van der Waals surface area contributed by atoms with Crippen LogP contribution in [0.15, 0.2) is 6.33 Å². The number of nitrogens with one attached hydrogen (secondary N) is 1. The molecule has 1 aromatic rings. The summed E-state index contributed by atoms with van der Waals surface area (Å²) >= 11 is 0. The molecule has 0 aliphatic rings. The number of nitrogens with zero attached hydrogens (tertiary/aromatic N) is 3. The summed E-state index contributed by atoms with van der Waals surface area (Å²) < 4.78 is 1.86. The van der Waals surface area contributed by atoms with E-state index in [9.17, 15) is 0 Å². The lowest BCUT2D eigenvalue weighted by Gasteiger charge is -2.26. The summed E-state index contributed by atoms with van der Waals surface area (Å²) in [4.78, 5) is 4.28. The van der Waals surface area contributed by atoms with Crippen LogP contribution in [0.4, 0.5) is 0 Å². The molecule has 0 radical (unpaired) electrons. The minimum Gasteiger partial charge on any atom is -0.312 e. The molecule has 0 aromatic carbocycles. The quantitative estimate of drug-likeness (QED) is 0.853. The van der Waals surface area contributed by atoms with Crippen LogP contribution < -0.4 is 5.32 Å². The molecule has 4 heteroatoms. The van der Waals surface area contributed by atoms with Gasteiger partial charge in [0, 0.05) is 19.0 Å². The second kappa shape index (κ2) is 5.63. The summed E-state index contributed by atoms with van der Waals surface area (Å²) in [5.74, 6) is 2.30. The van der Waals surface area contributed by atoms with Crippen molar-refractivity contribution in [3.8, 4) is 0 Å². The smallest absolute Gasteiger partial charge is 0.138 e. The highest BCUT2D eigenvalue weighted by molar-refractivity contribution is 4.87. The zero-order valence-electron chi connectivity index (χ0n) is 12.0. The van der Waals surface area contributed by atoms with E-state index in [1.807, 2.05) is 11.7 Å². The minimum atomic E-state index is 0.193. The van der Waals surface area contributed by atoms with E-state index >= 15 is 0 Å². The molecule has 0 amide bonds. The lowest BCUT2D eigenvalue weighted by Crippen LogP contribution is -2.40. The van der Waals surface area contributed by atoms with Crippen LogP contribution in [0.2, 0.25) is 0 Å². The van der Waals surface area contributed by atoms with Gasteiger partial charge in [0.25, 0.3) is 0 Å². The molecule has 0 saturated heterocycles. The van der Waals surface area contributed by atoms with Crippen LogP contribution >= 0.6 is 0 Å². The molecule has 1 rings (SSSR count). The summed E-state index contributed by atoms with van der Waals surface area (Å²) in [6.07, 6.45) is 2.61. The molecule has 1 N–H and O–H groups in total. The Kier molecular flexibility index (Phi) is 4.69. The standard InChI is InChI=1S/C13H26N4/c1-10(7-12-14-9-16-17(12)6)11(2)8-15-13(3,4)5/h9-11,15H,7-8H2,1-6H3. The molecular formula is C13H26N4. The number of rotatable bonds is 5. The van der Waals surface area contributed by atoms with Crippen molar-refractivity contribution in [3.05, 3.63) is 12.2 Å². The van der Waals surface area contributed by atoms with E-state index in [1.165, 1.54) is 0 Å². The Labute approximate surface area is 105 Å². The first-order valence-electron chi connectivity index (χ1n) is 6.37. The van der Waals surface area contributed by atoms with Gasteiger partial charge in [-0.1, -0.05) is 13.8 Å². The van der Waals surface area contributed by atoms with Crippen molar-refractivity contribution in [2.45, 2.75) is 46.6 Å². The van der Waals surface area contributed by atoms with E-state index in [-0.39, 0.29) is 5.54 Å². The lowest BCUT2D eigenvalue weighted by atomic mass is 9.91. The zero-order valence-corrected chi connectivity index (χ0v) is 12.0. The van der Waals surface area contributed by atoms with Crippen LogP contribution in [0.3, 0.4) is 0 Å². The number of aromatic nitrogens is 3. The first kappa shape index (κ1) is 14.2. The molecule has 0 aliphatic heterocycles. The third kappa shape index (κ3) is 4.86. The first-order chi connectivity index (χ1) is 7.79. The topological polar surface area (TPSA) is 42.7 Å². The van der Waals surface area contributed by atoms with Crippen LogP contribution in [-0.4, -0.2) is 26.8 Å². The highest BCUT2D eigenvalue weighted by atomic mass is 15.3. The van der Waals surface area contributed by atoms with Crippen molar-refractivity contribution in [3.63, 3.8) is 0 Å². The van der Waals surface area contributed by atoms with Gasteiger partial charge in [0.2, 0.25) is 0 Å². The van der Waals surface area contributed by atoms with E-state index in [1.54, 1.807) is 6.33 Å². The van der Waals surface area contributed by atoms with Gasteiger partial charge in [-0.15, -0.1) is 0 Å². The van der Waals surface area contributed by atoms with Crippen LogP contribution in [0.1, 0.15) is 40.4 Å². The Morgan fingerprint density at radius 3 is 2.41 bits per heavy atom. The van der Waals surface area contributed by atoms with Gasteiger partial charge in [0.05, 0.1) is 0 Å². The maximum absolute atomic E-state index is 4.28. The SMILES string of the molecule is CC(CNC(C)(C)C)C(C)Cc1ncnn1C.